The first-order valence-corrected chi connectivity index (χ1v) is 11.8. The van der Waals surface area contributed by atoms with Gasteiger partial charge in [-0.1, -0.05) is 45.7 Å². The zero-order valence-corrected chi connectivity index (χ0v) is 19.0. The third kappa shape index (κ3) is 8.38. The molecule has 160 valence electrons. The standard InChI is InChI=1S/C22H37NO4S/c1-6-10-12-21(25)27-20-15-17(13-16(5)28-9-4)14-19(24)22(20)18(11-7-2)23-26-8-3/h16-17H,6-15H2,1-5H3/b23-18+. The third-order valence-corrected chi connectivity index (χ3v) is 5.77. The fraction of sp³-hybridized carbons (Fsp3) is 0.773. The Hall–Kier alpha value is -1.30. The Morgan fingerprint density at radius 3 is 2.54 bits per heavy atom. The van der Waals surface area contributed by atoms with Gasteiger partial charge in [-0.15, -0.1) is 0 Å². The Morgan fingerprint density at radius 2 is 1.93 bits per heavy atom. The number of ketones is 1. The molecule has 0 radical (unpaired) electrons. The number of thioether (sulfide) groups is 1. The van der Waals surface area contributed by atoms with E-state index < -0.39 is 0 Å². The van der Waals surface area contributed by atoms with Crippen molar-refractivity contribution in [2.24, 2.45) is 11.1 Å². The first-order valence-electron chi connectivity index (χ1n) is 10.7. The number of nitrogens with zero attached hydrogens (tertiary/aromatic N) is 1. The van der Waals surface area contributed by atoms with Gasteiger partial charge in [0, 0.05) is 24.5 Å². The number of hydrogen-bond acceptors (Lipinski definition) is 6. The lowest BCUT2D eigenvalue weighted by Crippen LogP contribution is -2.28. The minimum Gasteiger partial charge on any atom is -0.430 e. The van der Waals surface area contributed by atoms with E-state index in [2.05, 4.69) is 19.0 Å². The number of carbonyl (C=O) groups is 2. The maximum Gasteiger partial charge on any atom is 0.310 e. The summed E-state index contributed by atoms with van der Waals surface area (Å²) in [6.07, 6.45) is 5.60. The summed E-state index contributed by atoms with van der Waals surface area (Å²) in [5, 5.41) is 4.66. The number of esters is 1. The van der Waals surface area contributed by atoms with Crippen LogP contribution in [-0.2, 0) is 19.2 Å². The van der Waals surface area contributed by atoms with E-state index in [1.54, 1.807) is 0 Å². The highest BCUT2D eigenvalue weighted by Crippen LogP contribution is 2.34. The molecule has 0 saturated heterocycles. The Kier molecular flexibility index (Phi) is 12.2. The molecule has 0 heterocycles. The van der Waals surface area contributed by atoms with Gasteiger partial charge in [-0.3, -0.25) is 9.59 Å². The third-order valence-electron chi connectivity index (χ3n) is 4.67. The molecular formula is C22H37NO4S. The highest BCUT2D eigenvalue weighted by Gasteiger charge is 2.33. The minimum absolute atomic E-state index is 0.0233. The number of oxime groups is 1. The quantitative estimate of drug-likeness (QED) is 0.222. The van der Waals surface area contributed by atoms with Gasteiger partial charge in [0.15, 0.2) is 5.78 Å². The number of carbonyl (C=O) groups excluding carboxylic acids is 2. The highest BCUT2D eigenvalue weighted by molar-refractivity contribution is 7.99. The summed E-state index contributed by atoms with van der Waals surface area (Å²) in [4.78, 5) is 30.6. The molecule has 0 spiro atoms. The SMILES string of the molecule is CCCCC(=O)OC1=C(/C(CCC)=N/OCC)C(=O)CC(CC(C)SCC)C1. The second kappa shape index (κ2) is 13.8. The molecule has 6 heteroatoms. The maximum atomic E-state index is 13.0. The second-order valence-electron chi connectivity index (χ2n) is 7.28. The van der Waals surface area contributed by atoms with Crippen molar-refractivity contribution in [2.45, 2.75) is 91.2 Å². The van der Waals surface area contributed by atoms with E-state index in [-0.39, 0.29) is 17.7 Å². The summed E-state index contributed by atoms with van der Waals surface area (Å²) in [6.45, 7) is 10.7. The second-order valence-corrected chi connectivity index (χ2v) is 9.00. The average molecular weight is 412 g/mol. The first-order chi connectivity index (χ1) is 13.5. The summed E-state index contributed by atoms with van der Waals surface area (Å²) < 4.78 is 5.73. The van der Waals surface area contributed by atoms with Crippen molar-refractivity contribution < 1.29 is 19.2 Å². The van der Waals surface area contributed by atoms with Gasteiger partial charge in [-0.25, -0.2) is 0 Å². The van der Waals surface area contributed by atoms with Crippen molar-refractivity contribution in [3.8, 4) is 0 Å². The average Bonchev–Trinajstić information content (AvgIpc) is 2.64. The van der Waals surface area contributed by atoms with Crippen LogP contribution in [0.3, 0.4) is 0 Å². The van der Waals surface area contributed by atoms with Gasteiger partial charge in [-0.05, 0) is 37.9 Å². The Labute approximate surface area is 174 Å². The molecule has 0 aromatic heterocycles. The largest absolute Gasteiger partial charge is 0.430 e. The fourth-order valence-corrected chi connectivity index (χ4v) is 4.44. The molecule has 5 nitrogen and oxygen atoms in total. The maximum absolute atomic E-state index is 13.0. The van der Waals surface area contributed by atoms with Crippen LogP contribution in [-0.4, -0.2) is 35.1 Å². The van der Waals surface area contributed by atoms with Crippen LogP contribution in [0.2, 0.25) is 0 Å². The lowest BCUT2D eigenvalue weighted by atomic mass is 9.82. The van der Waals surface area contributed by atoms with Crippen molar-refractivity contribution in [2.75, 3.05) is 12.4 Å². The molecule has 1 rings (SSSR count). The number of hydrogen-bond donors (Lipinski definition) is 0. The molecule has 0 N–H and O–H groups in total. The molecule has 0 aromatic carbocycles. The molecule has 0 amide bonds. The summed E-state index contributed by atoms with van der Waals surface area (Å²) >= 11 is 1.90. The fourth-order valence-electron chi connectivity index (χ4n) is 3.46. The monoisotopic (exact) mass is 411 g/mol. The lowest BCUT2D eigenvalue weighted by Gasteiger charge is -2.28. The Balaban J connectivity index is 3.14. The smallest absolute Gasteiger partial charge is 0.310 e. The number of unbranched alkanes of at least 4 members (excludes halogenated alkanes) is 1. The van der Waals surface area contributed by atoms with Crippen molar-refractivity contribution in [3.63, 3.8) is 0 Å². The van der Waals surface area contributed by atoms with E-state index >= 15 is 0 Å². The number of rotatable bonds is 13. The molecule has 1 aliphatic carbocycles. The summed E-state index contributed by atoms with van der Waals surface area (Å²) in [6, 6.07) is 0. The highest BCUT2D eigenvalue weighted by atomic mass is 32.2. The van der Waals surface area contributed by atoms with Crippen LogP contribution in [0.15, 0.2) is 16.5 Å². The predicted molar refractivity (Wildman–Crippen MR) is 117 cm³/mol. The minimum atomic E-state index is -0.258. The Morgan fingerprint density at radius 1 is 1.18 bits per heavy atom. The van der Waals surface area contributed by atoms with Gasteiger partial charge in [0.1, 0.15) is 12.4 Å². The molecule has 28 heavy (non-hydrogen) atoms. The summed E-state index contributed by atoms with van der Waals surface area (Å²) in [7, 11) is 0. The van der Waals surface area contributed by atoms with Gasteiger partial charge in [-0.2, -0.15) is 11.8 Å². The van der Waals surface area contributed by atoms with E-state index in [1.165, 1.54) is 0 Å². The topological polar surface area (TPSA) is 65.0 Å². The molecule has 0 aromatic rings. The number of Topliss-reactive ketones (excluding diaryl/α,β-unsaturated/α-hetero) is 1. The lowest BCUT2D eigenvalue weighted by molar-refractivity contribution is -0.140. The van der Waals surface area contributed by atoms with Gasteiger partial charge >= 0.3 is 5.97 Å². The summed E-state index contributed by atoms with van der Waals surface area (Å²) in [5.41, 5.74) is 1.09. The van der Waals surface area contributed by atoms with Crippen LogP contribution in [0, 0.1) is 5.92 Å². The molecule has 0 bridgehead atoms. The van der Waals surface area contributed by atoms with Gasteiger partial charge in [0.2, 0.25) is 0 Å². The zero-order chi connectivity index (χ0) is 20.9. The van der Waals surface area contributed by atoms with Crippen molar-refractivity contribution in [3.05, 3.63) is 11.3 Å². The van der Waals surface area contributed by atoms with E-state index in [9.17, 15) is 9.59 Å². The molecule has 0 fully saturated rings. The summed E-state index contributed by atoms with van der Waals surface area (Å²) in [5.74, 6) is 1.53. The Bertz CT molecular complexity index is 571. The van der Waals surface area contributed by atoms with Crippen LogP contribution >= 0.6 is 11.8 Å². The molecular weight excluding hydrogens is 374 g/mol. The normalized spacial score (nSPS) is 19.0. The predicted octanol–water partition coefficient (Wildman–Crippen LogP) is 5.68. The molecule has 0 aliphatic heterocycles. The zero-order valence-electron chi connectivity index (χ0n) is 18.2. The molecule has 2 atom stereocenters. The van der Waals surface area contributed by atoms with Crippen LogP contribution < -0.4 is 0 Å². The van der Waals surface area contributed by atoms with Crippen molar-refractivity contribution in [1.29, 1.82) is 0 Å². The van der Waals surface area contributed by atoms with Crippen LogP contribution in [0.1, 0.15) is 86.0 Å². The molecule has 1 aliphatic rings. The van der Waals surface area contributed by atoms with E-state index in [4.69, 9.17) is 9.57 Å². The number of allylic oxidation sites excluding steroid dienone is 2. The first kappa shape index (κ1) is 24.7. The molecule has 0 saturated carbocycles. The number of ether oxygens (including phenoxy) is 1. The van der Waals surface area contributed by atoms with Crippen LogP contribution in [0.25, 0.3) is 0 Å². The van der Waals surface area contributed by atoms with Gasteiger partial charge < -0.3 is 9.57 Å². The van der Waals surface area contributed by atoms with Gasteiger partial charge in [0.25, 0.3) is 0 Å². The molecule has 2 unspecified atom stereocenters. The van der Waals surface area contributed by atoms with Crippen LogP contribution in [0.4, 0.5) is 0 Å². The van der Waals surface area contributed by atoms with E-state index in [1.807, 2.05) is 32.5 Å². The van der Waals surface area contributed by atoms with E-state index in [0.717, 1.165) is 31.4 Å². The van der Waals surface area contributed by atoms with Crippen molar-refractivity contribution in [1.82, 2.24) is 0 Å². The van der Waals surface area contributed by atoms with E-state index in [0.29, 0.717) is 54.6 Å². The van der Waals surface area contributed by atoms with Gasteiger partial charge in [0.05, 0.1) is 11.3 Å². The van der Waals surface area contributed by atoms with Crippen LogP contribution in [0.5, 0.6) is 0 Å². The van der Waals surface area contributed by atoms with Crippen molar-refractivity contribution >= 4 is 29.2 Å².